The third kappa shape index (κ3) is 5.86. The fourth-order valence-electron chi connectivity index (χ4n) is 4.17. The standard InChI is InChI=1S/C26H27N3O5S/c1-2-16(24(31)32)13-27-23(30)12-11-17-14-28-25(35-17)29-26(33)34-15-22-20-9-5-3-7-18(20)19-8-4-6-10-21(19)22/h3-10,14,16,22H,2,11-13,15H2,1H3,(H,27,30)(H,31,32)(H,28,29,33). The van der Waals surface area contributed by atoms with Crippen LogP contribution in [0.5, 0.6) is 0 Å². The van der Waals surface area contributed by atoms with Crippen molar-refractivity contribution in [3.63, 3.8) is 0 Å². The molecule has 4 rings (SSSR count). The van der Waals surface area contributed by atoms with Gasteiger partial charge in [0.25, 0.3) is 0 Å². The van der Waals surface area contributed by atoms with Crippen molar-refractivity contribution in [1.82, 2.24) is 10.3 Å². The monoisotopic (exact) mass is 493 g/mol. The van der Waals surface area contributed by atoms with E-state index >= 15 is 0 Å². The minimum Gasteiger partial charge on any atom is -0.481 e. The fraction of sp³-hybridized carbons (Fsp3) is 0.308. The first-order valence-electron chi connectivity index (χ1n) is 11.5. The van der Waals surface area contributed by atoms with Crippen molar-refractivity contribution in [3.8, 4) is 11.1 Å². The first-order chi connectivity index (χ1) is 17.0. The number of thiazole rings is 1. The van der Waals surface area contributed by atoms with Gasteiger partial charge in [0.1, 0.15) is 6.61 Å². The molecule has 3 N–H and O–H groups in total. The van der Waals surface area contributed by atoms with Crippen LogP contribution < -0.4 is 10.6 Å². The zero-order chi connectivity index (χ0) is 24.8. The zero-order valence-electron chi connectivity index (χ0n) is 19.3. The molecule has 0 saturated carbocycles. The number of anilines is 1. The van der Waals surface area contributed by atoms with E-state index in [0.29, 0.717) is 18.0 Å². The molecule has 35 heavy (non-hydrogen) atoms. The molecule has 0 radical (unpaired) electrons. The number of aryl methyl sites for hydroxylation is 1. The molecule has 9 heteroatoms. The number of ether oxygens (including phenoxy) is 1. The van der Waals surface area contributed by atoms with Gasteiger partial charge in [-0.05, 0) is 35.1 Å². The molecule has 2 amide bonds. The lowest BCUT2D eigenvalue weighted by Gasteiger charge is -2.14. The van der Waals surface area contributed by atoms with Gasteiger partial charge in [-0.1, -0.05) is 55.5 Å². The summed E-state index contributed by atoms with van der Waals surface area (Å²) in [6.45, 7) is 2.10. The molecule has 1 heterocycles. The summed E-state index contributed by atoms with van der Waals surface area (Å²) in [6, 6.07) is 16.3. The van der Waals surface area contributed by atoms with Crippen LogP contribution in [0.15, 0.2) is 54.7 Å². The summed E-state index contributed by atoms with van der Waals surface area (Å²) in [4.78, 5) is 40.5. The van der Waals surface area contributed by atoms with Gasteiger partial charge in [0, 0.05) is 30.0 Å². The third-order valence-corrected chi connectivity index (χ3v) is 7.06. The topological polar surface area (TPSA) is 118 Å². The Labute approximate surface area is 207 Å². The van der Waals surface area contributed by atoms with Crippen molar-refractivity contribution in [2.75, 3.05) is 18.5 Å². The number of carboxylic acid groups (broad SMARTS) is 1. The Morgan fingerprint density at radius 3 is 2.37 bits per heavy atom. The predicted octanol–water partition coefficient (Wildman–Crippen LogP) is 4.66. The number of amides is 2. The number of carbonyl (C=O) groups is 3. The zero-order valence-corrected chi connectivity index (χ0v) is 20.1. The van der Waals surface area contributed by atoms with E-state index in [2.05, 4.69) is 39.9 Å². The summed E-state index contributed by atoms with van der Waals surface area (Å²) in [5.41, 5.74) is 4.62. The van der Waals surface area contributed by atoms with Gasteiger partial charge in [-0.2, -0.15) is 0 Å². The first kappa shape index (κ1) is 24.4. The number of hydrogen-bond donors (Lipinski definition) is 3. The van der Waals surface area contributed by atoms with E-state index in [4.69, 9.17) is 9.84 Å². The Bertz CT molecular complexity index is 1180. The summed E-state index contributed by atoms with van der Waals surface area (Å²) in [5.74, 6) is -1.74. The maximum atomic E-state index is 12.4. The van der Waals surface area contributed by atoms with Gasteiger partial charge in [-0.3, -0.25) is 14.9 Å². The second kappa shape index (κ2) is 11.1. The molecule has 1 atom stereocenters. The van der Waals surface area contributed by atoms with E-state index < -0.39 is 18.0 Å². The number of aromatic nitrogens is 1. The summed E-state index contributed by atoms with van der Waals surface area (Å²) < 4.78 is 5.54. The van der Waals surface area contributed by atoms with E-state index in [1.807, 2.05) is 24.3 Å². The number of carboxylic acids is 1. The lowest BCUT2D eigenvalue weighted by atomic mass is 9.98. The minimum absolute atomic E-state index is 0.0213. The van der Waals surface area contributed by atoms with Crippen LogP contribution in [0.25, 0.3) is 11.1 Å². The number of hydrogen-bond acceptors (Lipinski definition) is 6. The predicted molar refractivity (Wildman–Crippen MR) is 134 cm³/mol. The maximum absolute atomic E-state index is 12.4. The van der Waals surface area contributed by atoms with Crippen LogP contribution in [0.3, 0.4) is 0 Å². The van der Waals surface area contributed by atoms with Crippen LogP contribution in [0.2, 0.25) is 0 Å². The van der Waals surface area contributed by atoms with Gasteiger partial charge in [0.2, 0.25) is 5.91 Å². The molecule has 0 fully saturated rings. The van der Waals surface area contributed by atoms with Crippen LogP contribution >= 0.6 is 11.3 Å². The number of nitrogens with one attached hydrogen (secondary N) is 2. The molecule has 2 aromatic carbocycles. The van der Waals surface area contributed by atoms with Gasteiger partial charge in [0.15, 0.2) is 5.13 Å². The molecule has 0 bridgehead atoms. The van der Waals surface area contributed by atoms with Crippen LogP contribution in [0.1, 0.15) is 41.7 Å². The van der Waals surface area contributed by atoms with Gasteiger partial charge >= 0.3 is 12.1 Å². The highest BCUT2D eigenvalue weighted by atomic mass is 32.1. The normalized spacial score (nSPS) is 12.9. The van der Waals surface area contributed by atoms with E-state index in [0.717, 1.165) is 16.0 Å². The number of rotatable bonds is 10. The van der Waals surface area contributed by atoms with E-state index in [9.17, 15) is 14.4 Å². The highest BCUT2D eigenvalue weighted by Crippen LogP contribution is 2.44. The molecule has 182 valence electrons. The average molecular weight is 494 g/mol. The summed E-state index contributed by atoms with van der Waals surface area (Å²) >= 11 is 1.28. The number of fused-ring (bicyclic) bond motifs is 3. The minimum atomic E-state index is -0.917. The fourth-order valence-corrected chi connectivity index (χ4v) is 4.97. The van der Waals surface area contributed by atoms with Crippen LogP contribution in [0, 0.1) is 5.92 Å². The van der Waals surface area contributed by atoms with Crippen molar-refractivity contribution in [2.24, 2.45) is 5.92 Å². The highest BCUT2D eigenvalue weighted by molar-refractivity contribution is 7.15. The Morgan fingerprint density at radius 2 is 1.74 bits per heavy atom. The lowest BCUT2D eigenvalue weighted by Crippen LogP contribution is -2.32. The number of benzene rings is 2. The summed E-state index contributed by atoms with van der Waals surface area (Å²) in [6.07, 6.45) is 2.14. The van der Waals surface area contributed by atoms with Gasteiger partial charge in [0.05, 0.1) is 5.92 Å². The average Bonchev–Trinajstić information content (AvgIpc) is 3.43. The lowest BCUT2D eigenvalue weighted by molar-refractivity contribution is -0.141. The van der Waals surface area contributed by atoms with Crippen molar-refractivity contribution in [3.05, 3.63) is 70.7 Å². The third-order valence-electron chi connectivity index (χ3n) is 6.09. The van der Waals surface area contributed by atoms with Crippen molar-refractivity contribution in [2.45, 2.75) is 32.1 Å². The molecular weight excluding hydrogens is 466 g/mol. The van der Waals surface area contributed by atoms with Gasteiger partial charge in [-0.15, -0.1) is 11.3 Å². The van der Waals surface area contributed by atoms with E-state index in [-0.39, 0.29) is 31.4 Å². The molecule has 1 unspecified atom stereocenters. The first-order valence-corrected chi connectivity index (χ1v) is 12.3. The Morgan fingerprint density at radius 1 is 1.09 bits per heavy atom. The smallest absolute Gasteiger partial charge is 0.413 e. The molecule has 1 aliphatic carbocycles. The van der Waals surface area contributed by atoms with Gasteiger partial charge in [-0.25, -0.2) is 9.78 Å². The molecule has 1 aliphatic rings. The number of nitrogens with zero attached hydrogens (tertiary/aromatic N) is 1. The number of aliphatic carboxylic acids is 1. The molecule has 3 aromatic rings. The summed E-state index contributed by atoms with van der Waals surface area (Å²) in [7, 11) is 0. The maximum Gasteiger partial charge on any atom is 0.413 e. The second-order valence-corrected chi connectivity index (χ2v) is 9.44. The van der Waals surface area contributed by atoms with Crippen LogP contribution in [-0.4, -0.2) is 41.2 Å². The van der Waals surface area contributed by atoms with E-state index in [1.54, 1.807) is 13.1 Å². The highest BCUT2D eigenvalue weighted by Gasteiger charge is 2.29. The summed E-state index contributed by atoms with van der Waals surface area (Å²) in [5, 5.41) is 14.8. The Balaban J connectivity index is 1.25. The van der Waals surface area contributed by atoms with Crippen molar-refractivity contribution in [1.29, 1.82) is 0 Å². The Hall–Kier alpha value is -3.72. The molecule has 0 saturated heterocycles. The second-order valence-electron chi connectivity index (χ2n) is 8.33. The van der Waals surface area contributed by atoms with E-state index in [1.165, 1.54) is 22.5 Å². The Kier molecular flexibility index (Phi) is 7.77. The largest absolute Gasteiger partial charge is 0.481 e. The molecular formula is C26H27N3O5S. The molecule has 0 spiro atoms. The quantitative estimate of drug-likeness (QED) is 0.378. The molecule has 8 nitrogen and oxygen atoms in total. The van der Waals surface area contributed by atoms with Gasteiger partial charge < -0.3 is 15.2 Å². The molecule has 1 aromatic heterocycles. The molecule has 0 aliphatic heterocycles. The van der Waals surface area contributed by atoms with Crippen molar-refractivity contribution < 1.29 is 24.2 Å². The SMILES string of the molecule is CCC(CNC(=O)CCc1cnc(NC(=O)OCC2c3ccccc3-c3ccccc32)s1)C(=O)O. The van der Waals surface area contributed by atoms with Crippen LogP contribution in [0.4, 0.5) is 9.93 Å². The van der Waals surface area contributed by atoms with Crippen molar-refractivity contribution >= 4 is 34.4 Å². The number of carbonyl (C=O) groups excluding carboxylic acids is 2. The van der Waals surface area contributed by atoms with Crippen LogP contribution in [-0.2, 0) is 20.7 Å².